The first-order valence-corrected chi connectivity index (χ1v) is 7.83. The van der Waals surface area contributed by atoms with Crippen LogP contribution >= 0.6 is 0 Å². The third-order valence-corrected chi connectivity index (χ3v) is 4.79. The second-order valence-electron chi connectivity index (χ2n) is 4.65. The zero-order valence-electron chi connectivity index (χ0n) is 10.9. The standard InChI is InChI=1S/C12H17N3O4S/c16-12(17)11-5-1-2-7-15(11)20(18,19)14-9-10-4-3-6-13-8-10/h3-4,6,8,11,14H,1-2,5,7,9H2,(H,16,17). The summed E-state index contributed by atoms with van der Waals surface area (Å²) in [4.78, 5) is 15.0. The fraction of sp³-hybridized carbons (Fsp3) is 0.500. The van der Waals surface area contributed by atoms with Gasteiger partial charge in [0.15, 0.2) is 0 Å². The van der Waals surface area contributed by atoms with Crippen molar-refractivity contribution in [3.63, 3.8) is 0 Å². The van der Waals surface area contributed by atoms with E-state index in [1.165, 1.54) is 0 Å². The Kier molecular flexibility index (Phi) is 4.69. The lowest BCUT2D eigenvalue weighted by Crippen LogP contribution is -2.51. The maximum absolute atomic E-state index is 12.2. The number of nitrogens with zero attached hydrogens (tertiary/aromatic N) is 2. The van der Waals surface area contributed by atoms with Gasteiger partial charge in [-0.15, -0.1) is 0 Å². The van der Waals surface area contributed by atoms with E-state index < -0.39 is 22.2 Å². The molecule has 7 nitrogen and oxygen atoms in total. The van der Waals surface area contributed by atoms with E-state index in [0.29, 0.717) is 12.8 Å². The number of rotatable bonds is 5. The number of hydrogen-bond donors (Lipinski definition) is 2. The molecule has 1 saturated heterocycles. The number of carbonyl (C=O) groups is 1. The zero-order chi connectivity index (χ0) is 14.6. The molecule has 1 aromatic heterocycles. The van der Waals surface area contributed by atoms with Gasteiger partial charge in [-0.05, 0) is 30.9 Å². The van der Waals surface area contributed by atoms with Crippen LogP contribution in [0.25, 0.3) is 0 Å². The smallest absolute Gasteiger partial charge is 0.322 e. The van der Waals surface area contributed by atoms with Gasteiger partial charge in [0.1, 0.15) is 6.04 Å². The van der Waals surface area contributed by atoms with E-state index in [4.69, 9.17) is 5.11 Å². The Morgan fingerprint density at radius 1 is 1.50 bits per heavy atom. The minimum Gasteiger partial charge on any atom is -0.480 e. The highest BCUT2D eigenvalue weighted by Crippen LogP contribution is 2.20. The first-order chi connectivity index (χ1) is 9.50. The van der Waals surface area contributed by atoms with Crippen molar-refractivity contribution in [2.45, 2.75) is 31.8 Å². The van der Waals surface area contributed by atoms with Crippen molar-refractivity contribution in [2.24, 2.45) is 0 Å². The van der Waals surface area contributed by atoms with Gasteiger partial charge in [0.25, 0.3) is 10.2 Å². The molecule has 2 N–H and O–H groups in total. The van der Waals surface area contributed by atoms with Crippen molar-refractivity contribution in [1.29, 1.82) is 0 Å². The summed E-state index contributed by atoms with van der Waals surface area (Å²) in [6.45, 7) is 0.332. The molecular formula is C12H17N3O4S. The van der Waals surface area contributed by atoms with Crippen LogP contribution in [0.3, 0.4) is 0 Å². The quantitative estimate of drug-likeness (QED) is 0.817. The Balaban J connectivity index is 2.06. The summed E-state index contributed by atoms with van der Waals surface area (Å²) >= 11 is 0. The Morgan fingerprint density at radius 3 is 2.95 bits per heavy atom. The molecule has 0 bridgehead atoms. The molecule has 0 radical (unpaired) electrons. The number of aliphatic carboxylic acids is 1. The molecule has 1 aliphatic heterocycles. The van der Waals surface area contributed by atoms with Gasteiger partial charge in [0.05, 0.1) is 0 Å². The molecule has 2 heterocycles. The summed E-state index contributed by atoms with van der Waals surface area (Å²) in [7, 11) is -3.80. The number of hydrogen-bond acceptors (Lipinski definition) is 4. The van der Waals surface area contributed by atoms with Crippen LogP contribution in [0.1, 0.15) is 24.8 Å². The van der Waals surface area contributed by atoms with Crippen LogP contribution in [0, 0.1) is 0 Å². The number of aromatic nitrogens is 1. The lowest BCUT2D eigenvalue weighted by Gasteiger charge is -2.31. The van der Waals surface area contributed by atoms with Crippen LogP contribution < -0.4 is 4.72 Å². The van der Waals surface area contributed by atoms with E-state index in [-0.39, 0.29) is 13.1 Å². The van der Waals surface area contributed by atoms with Crippen LogP contribution in [0.2, 0.25) is 0 Å². The molecular weight excluding hydrogens is 282 g/mol. The van der Waals surface area contributed by atoms with Gasteiger partial charge in [-0.3, -0.25) is 9.78 Å². The van der Waals surface area contributed by atoms with E-state index in [2.05, 4.69) is 9.71 Å². The van der Waals surface area contributed by atoms with Crippen molar-refractivity contribution < 1.29 is 18.3 Å². The van der Waals surface area contributed by atoms with E-state index in [0.717, 1.165) is 16.3 Å². The molecule has 1 atom stereocenters. The molecule has 0 aromatic carbocycles. The average molecular weight is 299 g/mol. The maximum atomic E-state index is 12.2. The third-order valence-electron chi connectivity index (χ3n) is 3.23. The number of piperidine rings is 1. The number of carboxylic acid groups (broad SMARTS) is 1. The van der Waals surface area contributed by atoms with Crippen LogP contribution in [-0.2, 0) is 21.5 Å². The second-order valence-corrected chi connectivity index (χ2v) is 6.36. The molecule has 0 spiro atoms. The highest BCUT2D eigenvalue weighted by Gasteiger charge is 2.36. The zero-order valence-corrected chi connectivity index (χ0v) is 11.7. The van der Waals surface area contributed by atoms with Crippen molar-refractivity contribution in [3.05, 3.63) is 30.1 Å². The molecule has 1 unspecified atom stereocenters. The first kappa shape index (κ1) is 14.9. The van der Waals surface area contributed by atoms with Crippen molar-refractivity contribution in [3.8, 4) is 0 Å². The first-order valence-electron chi connectivity index (χ1n) is 6.39. The molecule has 1 aromatic rings. The number of carboxylic acids is 1. The van der Waals surface area contributed by atoms with Gasteiger partial charge in [-0.25, -0.2) is 0 Å². The third kappa shape index (κ3) is 3.53. The average Bonchev–Trinajstić information content (AvgIpc) is 2.46. The Morgan fingerprint density at radius 2 is 2.30 bits per heavy atom. The van der Waals surface area contributed by atoms with Gasteiger partial charge in [0, 0.05) is 25.5 Å². The summed E-state index contributed by atoms with van der Waals surface area (Å²) < 4.78 is 27.9. The van der Waals surface area contributed by atoms with E-state index in [9.17, 15) is 13.2 Å². The minimum absolute atomic E-state index is 0.0962. The van der Waals surface area contributed by atoms with Crippen molar-refractivity contribution in [2.75, 3.05) is 6.54 Å². The molecule has 0 amide bonds. The predicted molar refractivity (Wildman–Crippen MR) is 72.0 cm³/mol. The normalized spacial score (nSPS) is 20.7. The topological polar surface area (TPSA) is 99.6 Å². The maximum Gasteiger partial charge on any atom is 0.322 e. The summed E-state index contributed by atoms with van der Waals surface area (Å²) in [5.41, 5.74) is 0.722. The molecule has 0 aliphatic carbocycles. The molecule has 110 valence electrons. The second kappa shape index (κ2) is 6.29. The lowest BCUT2D eigenvalue weighted by molar-refractivity contribution is -0.142. The molecule has 8 heteroatoms. The Hall–Kier alpha value is -1.51. The number of pyridine rings is 1. The largest absolute Gasteiger partial charge is 0.480 e. The summed E-state index contributed by atoms with van der Waals surface area (Å²) in [5, 5.41) is 9.11. The summed E-state index contributed by atoms with van der Waals surface area (Å²) in [5.74, 6) is -1.10. The molecule has 0 saturated carbocycles. The fourth-order valence-corrected chi connectivity index (χ4v) is 3.61. The van der Waals surface area contributed by atoms with E-state index in [1.807, 2.05) is 0 Å². The summed E-state index contributed by atoms with van der Waals surface area (Å²) in [6, 6.07) is 2.49. The molecule has 1 aliphatic rings. The van der Waals surface area contributed by atoms with Gasteiger partial charge >= 0.3 is 5.97 Å². The SMILES string of the molecule is O=C(O)C1CCCCN1S(=O)(=O)NCc1cccnc1. The van der Waals surface area contributed by atoms with Crippen molar-refractivity contribution >= 4 is 16.2 Å². The van der Waals surface area contributed by atoms with Crippen LogP contribution in [0.5, 0.6) is 0 Å². The molecule has 1 fully saturated rings. The summed E-state index contributed by atoms with van der Waals surface area (Å²) in [6.07, 6.45) is 4.92. The van der Waals surface area contributed by atoms with Gasteiger partial charge in [-0.2, -0.15) is 17.4 Å². The van der Waals surface area contributed by atoms with E-state index in [1.54, 1.807) is 24.5 Å². The fourth-order valence-electron chi connectivity index (χ4n) is 2.20. The monoisotopic (exact) mass is 299 g/mol. The highest BCUT2D eigenvalue weighted by molar-refractivity contribution is 7.87. The van der Waals surface area contributed by atoms with Crippen LogP contribution in [0.15, 0.2) is 24.5 Å². The van der Waals surface area contributed by atoms with E-state index >= 15 is 0 Å². The van der Waals surface area contributed by atoms with Gasteiger partial charge in [0.2, 0.25) is 0 Å². The van der Waals surface area contributed by atoms with Gasteiger partial charge in [-0.1, -0.05) is 6.07 Å². The van der Waals surface area contributed by atoms with Gasteiger partial charge < -0.3 is 5.11 Å². The molecule has 20 heavy (non-hydrogen) atoms. The highest BCUT2D eigenvalue weighted by atomic mass is 32.2. The number of nitrogens with one attached hydrogen (secondary N) is 1. The Labute approximate surface area is 117 Å². The molecule has 2 rings (SSSR count). The van der Waals surface area contributed by atoms with Crippen molar-refractivity contribution in [1.82, 2.24) is 14.0 Å². The predicted octanol–water partition coefficient (Wildman–Crippen LogP) is 0.355. The van der Waals surface area contributed by atoms with Crippen LogP contribution in [-0.4, -0.2) is 41.4 Å². The minimum atomic E-state index is -3.80. The van der Waals surface area contributed by atoms with Crippen LogP contribution in [0.4, 0.5) is 0 Å². The lowest BCUT2D eigenvalue weighted by atomic mass is 10.1. The Bertz CT molecular complexity index is 561.